The van der Waals surface area contributed by atoms with Crippen molar-refractivity contribution in [3.8, 4) is 0 Å². The lowest BCUT2D eigenvalue weighted by molar-refractivity contribution is -0.0704. The first kappa shape index (κ1) is 16.8. The fourth-order valence-corrected chi connectivity index (χ4v) is 4.85. The molecule has 1 N–H and O–H groups in total. The largest absolute Gasteiger partial charge is 0.365 e. The molecule has 0 atom stereocenters. The molecule has 0 unspecified atom stereocenters. The highest BCUT2D eigenvalue weighted by Crippen LogP contribution is 2.45. The second-order valence-electron chi connectivity index (χ2n) is 8.04. The van der Waals surface area contributed by atoms with Gasteiger partial charge in [0.2, 0.25) is 0 Å². The molecule has 146 valence electrons. The second kappa shape index (κ2) is 6.19. The van der Waals surface area contributed by atoms with Gasteiger partial charge in [-0.05, 0) is 36.1 Å². The summed E-state index contributed by atoms with van der Waals surface area (Å²) >= 11 is 0. The van der Waals surface area contributed by atoms with E-state index in [-0.39, 0.29) is 5.60 Å². The number of para-hydroxylation sites is 2. The van der Waals surface area contributed by atoms with Crippen LogP contribution < -0.4 is 5.32 Å². The van der Waals surface area contributed by atoms with Crippen molar-refractivity contribution in [3.63, 3.8) is 0 Å². The van der Waals surface area contributed by atoms with Gasteiger partial charge in [0.1, 0.15) is 11.7 Å². The van der Waals surface area contributed by atoms with Gasteiger partial charge >= 0.3 is 0 Å². The van der Waals surface area contributed by atoms with Gasteiger partial charge in [0.15, 0.2) is 0 Å². The highest BCUT2D eigenvalue weighted by molar-refractivity contribution is 6.07. The molecule has 0 bridgehead atoms. The number of aromatic nitrogens is 2. The number of aliphatic imine (C=N–C) groups is 1. The predicted molar refractivity (Wildman–Crippen MR) is 113 cm³/mol. The van der Waals surface area contributed by atoms with E-state index in [9.17, 15) is 0 Å². The molecule has 0 aliphatic carbocycles. The number of aryl methyl sites for hydroxylation is 1. The van der Waals surface area contributed by atoms with E-state index in [0.29, 0.717) is 0 Å². The molecule has 2 aromatic carbocycles. The van der Waals surface area contributed by atoms with Crippen molar-refractivity contribution in [2.75, 3.05) is 18.4 Å². The molecule has 0 saturated carbocycles. The van der Waals surface area contributed by atoms with Crippen LogP contribution in [0.5, 0.6) is 0 Å². The summed E-state index contributed by atoms with van der Waals surface area (Å²) in [6.45, 7) is 2.54. The zero-order valence-corrected chi connectivity index (χ0v) is 16.4. The van der Waals surface area contributed by atoms with E-state index in [1.165, 1.54) is 11.1 Å². The molecular formula is C23H23N5O. The van der Waals surface area contributed by atoms with Gasteiger partial charge in [-0.25, -0.2) is 4.99 Å². The molecule has 4 heterocycles. The zero-order chi connectivity index (χ0) is 19.4. The lowest BCUT2D eigenvalue weighted by atomic mass is 9.83. The van der Waals surface area contributed by atoms with E-state index >= 15 is 0 Å². The maximum atomic E-state index is 6.35. The Kier molecular flexibility index (Phi) is 3.59. The molecule has 6 heteroatoms. The van der Waals surface area contributed by atoms with E-state index in [0.717, 1.165) is 61.1 Å². The van der Waals surface area contributed by atoms with Crippen LogP contribution in [0, 0.1) is 0 Å². The number of amidine groups is 1. The van der Waals surface area contributed by atoms with Crippen LogP contribution in [0.25, 0.3) is 0 Å². The molecule has 6 nitrogen and oxygen atoms in total. The molecule has 1 aromatic heterocycles. The minimum Gasteiger partial charge on any atom is -0.365 e. The van der Waals surface area contributed by atoms with Gasteiger partial charge in [0.25, 0.3) is 0 Å². The van der Waals surface area contributed by atoms with Crippen LogP contribution in [0.3, 0.4) is 0 Å². The van der Waals surface area contributed by atoms with E-state index < -0.39 is 0 Å². The van der Waals surface area contributed by atoms with E-state index in [1.54, 1.807) is 0 Å². The van der Waals surface area contributed by atoms with Crippen LogP contribution in [-0.2, 0) is 24.0 Å². The molecule has 29 heavy (non-hydrogen) atoms. The first-order chi connectivity index (χ1) is 14.2. The van der Waals surface area contributed by atoms with Crippen LogP contribution >= 0.6 is 0 Å². The minimum atomic E-state index is -0.147. The Bertz CT molecular complexity index is 1120. The Labute approximate surface area is 169 Å². The van der Waals surface area contributed by atoms with Gasteiger partial charge < -0.3 is 15.0 Å². The van der Waals surface area contributed by atoms with E-state index in [1.807, 2.05) is 30.1 Å². The van der Waals surface area contributed by atoms with Gasteiger partial charge in [-0.2, -0.15) is 5.10 Å². The summed E-state index contributed by atoms with van der Waals surface area (Å²) in [6, 6.07) is 16.8. The van der Waals surface area contributed by atoms with Crippen LogP contribution in [0.1, 0.15) is 29.5 Å². The summed E-state index contributed by atoms with van der Waals surface area (Å²) in [4.78, 5) is 7.45. The van der Waals surface area contributed by atoms with Gasteiger partial charge in [-0.3, -0.25) is 4.68 Å². The first-order valence-electron chi connectivity index (χ1n) is 10.2. The number of fused-ring (bicyclic) bond motifs is 4. The average molecular weight is 385 g/mol. The molecular weight excluding hydrogens is 362 g/mol. The molecule has 6 rings (SSSR count). The van der Waals surface area contributed by atoms with Crippen molar-refractivity contribution >= 4 is 23.0 Å². The Morgan fingerprint density at radius 3 is 2.72 bits per heavy atom. The minimum absolute atomic E-state index is 0.147. The van der Waals surface area contributed by atoms with Gasteiger partial charge in [0.05, 0.1) is 35.3 Å². The lowest BCUT2D eigenvalue weighted by Crippen LogP contribution is -2.45. The Morgan fingerprint density at radius 2 is 1.83 bits per heavy atom. The number of benzene rings is 2. The van der Waals surface area contributed by atoms with Gasteiger partial charge in [-0.15, -0.1) is 0 Å². The Morgan fingerprint density at radius 1 is 1.03 bits per heavy atom. The number of hydrogen-bond donors (Lipinski definition) is 1. The molecule has 3 aromatic rings. The normalized spacial score (nSPS) is 19.1. The monoisotopic (exact) mass is 385 g/mol. The van der Waals surface area contributed by atoms with Crippen LogP contribution in [-0.4, -0.2) is 33.6 Å². The molecule has 0 radical (unpaired) electrons. The second-order valence-corrected chi connectivity index (χ2v) is 8.04. The highest BCUT2D eigenvalue weighted by Gasteiger charge is 2.43. The van der Waals surface area contributed by atoms with Crippen molar-refractivity contribution < 1.29 is 4.74 Å². The SMILES string of the molecule is Cn1ncc2c1Nc1ccccc1N=C2N1CCC2(CC1)OCc1ccccc12. The number of nitrogens with one attached hydrogen (secondary N) is 1. The zero-order valence-electron chi connectivity index (χ0n) is 16.4. The molecule has 3 aliphatic rings. The fourth-order valence-electron chi connectivity index (χ4n) is 4.85. The molecule has 1 saturated heterocycles. The van der Waals surface area contributed by atoms with Gasteiger partial charge in [-0.1, -0.05) is 36.4 Å². The summed E-state index contributed by atoms with van der Waals surface area (Å²) in [7, 11) is 1.96. The van der Waals surface area contributed by atoms with Crippen molar-refractivity contribution in [2.24, 2.45) is 12.0 Å². The number of likely N-dealkylation sites (tertiary alicyclic amines) is 1. The first-order valence-corrected chi connectivity index (χ1v) is 10.2. The fraction of sp³-hybridized carbons (Fsp3) is 0.304. The van der Waals surface area contributed by atoms with Gasteiger partial charge in [0, 0.05) is 20.1 Å². The Balaban J connectivity index is 1.35. The number of hydrogen-bond acceptors (Lipinski definition) is 5. The quantitative estimate of drug-likeness (QED) is 0.634. The number of rotatable bonds is 0. The van der Waals surface area contributed by atoms with Crippen molar-refractivity contribution in [1.82, 2.24) is 14.7 Å². The molecule has 1 fully saturated rings. The van der Waals surface area contributed by atoms with Crippen molar-refractivity contribution in [2.45, 2.75) is 25.0 Å². The maximum Gasteiger partial charge on any atom is 0.142 e. The number of anilines is 2. The van der Waals surface area contributed by atoms with Crippen LogP contribution in [0.2, 0.25) is 0 Å². The van der Waals surface area contributed by atoms with Crippen molar-refractivity contribution in [3.05, 3.63) is 71.4 Å². The van der Waals surface area contributed by atoms with Crippen molar-refractivity contribution in [1.29, 1.82) is 0 Å². The maximum absolute atomic E-state index is 6.35. The lowest BCUT2D eigenvalue weighted by Gasteiger charge is -2.40. The summed E-state index contributed by atoms with van der Waals surface area (Å²) in [5.41, 5.74) is 5.58. The number of nitrogens with zero attached hydrogens (tertiary/aromatic N) is 4. The topological polar surface area (TPSA) is 54.7 Å². The molecule has 0 amide bonds. The predicted octanol–water partition coefficient (Wildman–Crippen LogP) is 4.08. The summed E-state index contributed by atoms with van der Waals surface area (Å²) in [5, 5.41) is 8.00. The summed E-state index contributed by atoms with van der Waals surface area (Å²) < 4.78 is 8.23. The number of ether oxygens (including phenoxy) is 1. The Hall–Kier alpha value is -3.12. The van der Waals surface area contributed by atoms with E-state index in [2.05, 4.69) is 51.7 Å². The standard InChI is InChI=1S/C23H23N5O/c1-27-21-17(14-24-27)22(26-20-9-5-4-8-19(20)25-21)28-12-10-23(11-13-28)18-7-3-2-6-16(18)15-29-23/h2-9,14,25H,10-13,15H2,1H3. The average Bonchev–Trinajstić information content (AvgIpc) is 3.24. The third-order valence-corrected chi connectivity index (χ3v) is 6.45. The summed E-state index contributed by atoms with van der Waals surface area (Å²) in [6.07, 6.45) is 3.85. The molecule has 3 aliphatic heterocycles. The smallest absolute Gasteiger partial charge is 0.142 e. The highest BCUT2D eigenvalue weighted by atomic mass is 16.5. The molecule has 1 spiro atoms. The third-order valence-electron chi connectivity index (χ3n) is 6.45. The van der Waals surface area contributed by atoms with Crippen LogP contribution in [0.4, 0.5) is 17.2 Å². The third kappa shape index (κ3) is 2.52. The van der Waals surface area contributed by atoms with Crippen LogP contribution in [0.15, 0.2) is 59.7 Å². The van der Waals surface area contributed by atoms with E-state index in [4.69, 9.17) is 9.73 Å². The number of piperidine rings is 1. The summed E-state index contributed by atoms with van der Waals surface area (Å²) in [5.74, 6) is 1.98.